The summed E-state index contributed by atoms with van der Waals surface area (Å²) >= 11 is 0. The number of nitrogens with one attached hydrogen (secondary N) is 1. The molecule has 0 saturated heterocycles. The molecule has 3 aromatic rings. The van der Waals surface area contributed by atoms with E-state index in [1.165, 1.54) is 6.07 Å². The quantitative estimate of drug-likeness (QED) is 0.711. The number of rotatable bonds is 3. The number of aromatic amines is 1. The van der Waals surface area contributed by atoms with Crippen LogP contribution in [0.15, 0.2) is 35.3 Å². The zero-order chi connectivity index (χ0) is 18.3. The Hall–Kier alpha value is -3.16. The second kappa shape index (κ2) is 6.04. The van der Waals surface area contributed by atoms with Crippen LogP contribution in [-0.2, 0) is 6.42 Å². The lowest BCUT2D eigenvalue weighted by Crippen LogP contribution is -2.17. The standard InChI is InChI=1S/C17H9F4NO3/c18-10-2-1-7(4-11(10)19)3-8-5-12(20)13-15(14(8)21)22-6-9(16(13)23)17(24)25/h1-2,4-6H,3H2,(H,22,23)(H,24,25). The van der Waals surface area contributed by atoms with Gasteiger partial charge in [-0.25, -0.2) is 22.4 Å². The topological polar surface area (TPSA) is 70.2 Å². The second-order valence-corrected chi connectivity index (χ2v) is 5.34. The molecular weight excluding hydrogens is 342 g/mol. The Kier molecular flexibility index (Phi) is 4.03. The summed E-state index contributed by atoms with van der Waals surface area (Å²) in [7, 11) is 0. The third-order valence-electron chi connectivity index (χ3n) is 3.73. The minimum Gasteiger partial charge on any atom is -0.477 e. The van der Waals surface area contributed by atoms with Crippen molar-refractivity contribution in [1.29, 1.82) is 0 Å². The zero-order valence-electron chi connectivity index (χ0n) is 12.4. The van der Waals surface area contributed by atoms with Crippen molar-refractivity contribution in [2.75, 3.05) is 0 Å². The van der Waals surface area contributed by atoms with Crippen molar-refractivity contribution in [3.8, 4) is 0 Å². The molecule has 0 aliphatic heterocycles. The lowest BCUT2D eigenvalue weighted by molar-refractivity contribution is 0.0695. The van der Waals surface area contributed by atoms with E-state index in [1.807, 2.05) is 0 Å². The monoisotopic (exact) mass is 351 g/mol. The molecule has 0 atom stereocenters. The van der Waals surface area contributed by atoms with Crippen LogP contribution < -0.4 is 5.43 Å². The number of carbonyl (C=O) groups is 1. The van der Waals surface area contributed by atoms with Gasteiger partial charge in [-0.05, 0) is 29.3 Å². The Morgan fingerprint density at radius 2 is 1.76 bits per heavy atom. The highest BCUT2D eigenvalue weighted by Gasteiger charge is 2.20. The summed E-state index contributed by atoms with van der Waals surface area (Å²) in [6.07, 6.45) is 0.523. The number of carboxylic acids is 1. The Labute approximate surface area is 137 Å². The van der Waals surface area contributed by atoms with Gasteiger partial charge < -0.3 is 10.1 Å². The van der Waals surface area contributed by atoms with Crippen molar-refractivity contribution in [3.05, 3.63) is 80.6 Å². The van der Waals surface area contributed by atoms with E-state index >= 15 is 0 Å². The minimum absolute atomic E-state index is 0.195. The maximum Gasteiger partial charge on any atom is 0.341 e. The lowest BCUT2D eigenvalue weighted by Gasteiger charge is -2.09. The first-order valence-electron chi connectivity index (χ1n) is 6.99. The number of aromatic carboxylic acids is 1. The van der Waals surface area contributed by atoms with Gasteiger partial charge in [-0.15, -0.1) is 0 Å². The van der Waals surface area contributed by atoms with E-state index in [-0.39, 0.29) is 17.5 Å². The SMILES string of the molecule is O=C(O)c1c[nH]c2c(F)c(Cc3ccc(F)c(F)c3)cc(F)c2c1=O. The summed E-state index contributed by atoms with van der Waals surface area (Å²) < 4.78 is 55.0. The molecule has 4 nitrogen and oxygen atoms in total. The van der Waals surface area contributed by atoms with E-state index in [0.29, 0.717) is 0 Å². The first-order chi connectivity index (χ1) is 11.8. The predicted molar refractivity (Wildman–Crippen MR) is 80.6 cm³/mol. The summed E-state index contributed by atoms with van der Waals surface area (Å²) in [6, 6.07) is 3.67. The Morgan fingerprint density at radius 3 is 2.40 bits per heavy atom. The van der Waals surface area contributed by atoms with Crippen molar-refractivity contribution in [3.63, 3.8) is 0 Å². The largest absolute Gasteiger partial charge is 0.477 e. The van der Waals surface area contributed by atoms with Crippen molar-refractivity contribution in [2.45, 2.75) is 6.42 Å². The average molecular weight is 351 g/mol. The molecule has 0 saturated carbocycles. The highest BCUT2D eigenvalue weighted by molar-refractivity contribution is 5.92. The van der Waals surface area contributed by atoms with Gasteiger partial charge in [0.15, 0.2) is 17.5 Å². The van der Waals surface area contributed by atoms with Gasteiger partial charge in [0.1, 0.15) is 11.4 Å². The first kappa shape index (κ1) is 16.7. The van der Waals surface area contributed by atoms with Gasteiger partial charge in [0.05, 0.1) is 10.9 Å². The van der Waals surface area contributed by atoms with Gasteiger partial charge >= 0.3 is 5.97 Å². The molecule has 0 aliphatic rings. The molecule has 2 aromatic carbocycles. The number of aromatic nitrogens is 1. The molecule has 1 heterocycles. The van der Waals surface area contributed by atoms with Crippen LogP contribution in [0.3, 0.4) is 0 Å². The van der Waals surface area contributed by atoms with Crippen LogP contribution in [0.4, 0.5) is 17.6 Å². The smallest absolute Gasteiger partial charge is 0.341 e. The summed E-state index contributed by atoms with van der Waals surface area (Å²) in [5.74, 6) is -5.86. The molecule has 1 aromatic heterocycles. The summed E-state index contributed by atoms with van der Waals surface area (Å²) in [6.45, 7) is 0. The van der Waals surface area contributed by atoms with E-state index in [4.69, 9.17) is 5.11 Å². The number of hydrogen-bond acceptors (Lipinski definition) is 2. The Morgan fingerprint density at radius 1 is 1.04 bits per heavy atom. The van der Waals surface area contributed by atoms with Crippen molar-refractivity contribution < 1.29 is 27.5 Å². The van der Waals surface area contributed by atoms with Crippen LogP contribution in [0.1, 0.15) is 21.5 Å². The normalized spacial score (nSPS) is 11.0. The highest BCUT2D eigenvalue weighted by Crippen LogP contribution is 2.23. The average Bonchev–Trinajstić information content (AvgIpc) is 2.55. The van der Waals surface area contributed by atoms with Crippen LogP contribution in [0, 0.1) is 23.3 Å². The van der Waals surface area contributed by atoms with Gasteiger partial charge in [-0.3, -0.25) is 4.79 Å². The van der Waals surface area contributed by atoms with E-state index < -0.39 is 51.1 Å². The molecular formula is C17H9F4NO3. The number of pyridine rings is 1. The van der Waals surface area contributed by atoms with Gasteiger partial charge in [0.2, 0.25) is 5.43 Å². The number of benzene rings is 2. The fraction of sp³-hybridized carbons (Fsp3) is 0.0588. The maximum atomic E-state index is 14.6. The number of halogens is 4. The predicted octanol–water partition coefficient (Wildman–Crippen LogP) is 3.37. The lowest BCUT2D eigenvalue weighted by atomic mass is 10.0. The maximum absolute atomic E-state index is 14.6. The highest BCUT2D eigenvalue weighted by atomic mass is 19.2. The second-order valence-electron chi connectivity index (χ2n) is 5.34. The van der Waals surface area contributed by atoms with E-state index in [9.17, 15) is 27.2 Å². The van der Waals surface area contributed by atoms with Gasteiger partial charge in [-0.2, -0.15) is 0 Å². The van der Waals surface area contributed by atoms with Gasteiger partial charge in [0, 0.05) is 12.6 Å². The summed E-state index contributed by atoms with van der Waals surface area (Å²) in [4.78, 5) is 25.2. The molecule has 8 heteroatoms. The first-order valence-corrected chi connectivity index (χ1v) is 6.99. The van der Waals surface area contributed by atoms with E-state index in [2.05, 4.69) is 4.98 Å². The van der Waals surface area contributed by atoms with Crippen LogP contribution in [-0.4, -0.2) is 16.1 Å². The number of hydrogen-bond donors (Lipinski definition) is 2. The third-order valence-corrected chi connectivity index (χ3v) is 3.73. The van der Waals surface area contributed by atoms with Crippen molar-refractivity contribution in [1.82, 2.24) is 4.98 Å². The van der Waals surface area contributed by atoms with Gasteiger partial charge in [0.25, 0.3) is 0 Å². The zero-order valence-corrected chi connectivity index (χ0v) is 12.4. The number of fused-ring (bicyclic) bond motifs is 1. The molecule has 0 fully saturated rings. The Balaban J connectivity index is 2.16. The van der Waals surface area contributed by atoms with Crippen LogP contribution >= 0.6 is 0 Å². The van der Waals surface area contributed by atoms with Gasteiger partial charge in [-0.1, -0.05) is 6.07 Å². The molecule has 0 bridgehead atoms. The third kappa shape index (κ3) is 2.86. The molecule has 3 rings (SSSR count). The molecule has 128 valence electrons. The molecule has 0 radical (unpaired) electrons. The number of H-pyrrole nitrogens is 1. The van der Waals surface area contributed by atoms with Crippen molar-refractivity contribution >= 4 is 16.9 Å². The van der Waals surface area contributed by atoms with Crippen molar-refractivity contribution in [2.24, 2.45) is 0 Å². The molecule has 0 unspecified atom stereocenters. The molecule has 2 N–H and O–H groups in total. The van der Waals surface area contributed by atoms with Crippen LogP contribution in [0.5, 0.6) is 0 Å². The fourth-order valence-electron chi connectivity index (χ4n) is 2.54. The molecule has 0 spiro atoms. The molecule has 25 heavy (non-hydrogen) atoms. The summed E-state index contributed by atoms with van der Waals surface area (Å²) in [5, 5.41) is 8.16. The number of carboxylic acid groups (broad SMARTS) is 1. The van der Waals surface area contributed by atoms with Crippen LogP contribution in [0.25, 0.3) is 10.9 Å². The minimum atomic E-state index is -1.58. The fourth-order valence-corrected chi connectivity index (χ4v) is 2.54. The van der Waals surface area contributed by atoms with E-state index in [0.717, 1.165) is 24.4 Å². The molecule has 0 amide bonds. The Bertz CT molecular complexity index is 1080. The summed E-state index contributed by atoms with van der Waals surface area (Å²) in [5.41, 5.74) is -2.38. The van der Waals surface area contributed by atoms with Crippen LogP contribution in [0.2, 0.25) is 0 Å². The van der Waals surface area contributed by atoms with E-state index in [1.54, 1.807) is 0 Å². The molecule has 0 aliphatic carbocycles.